The van der Waals surface area contributed by atoms with Gasteiger partial charge < -0.3 is 9.84 Å². The molecule has 0 aliphatic rings. The Bertz CT molecular complexity index is 531. The molecule has 0 fully saturated rings. The van der Waals surface area contributed by atoms with Crippen LogP contribution in [0.3, 0.4) is 0 Å². The largest absolute Gasteiger partial charge is 0.493 e. The number of rotatable bonds is 6. The van der Waals surface area contributed by atoms with Gasteiger partial charge in [-0.2, -0.15) is 0 Å². The fraction of sp³-hybridized carbons (Fsp3) is 0.154. The average Bonchev–Trinajstić information content (AvgIpc) is 2.45. The Kier molecular flexibility index (Phi) is 4.74. The first kappa shape index (κ1) is 13.4. The van der Waals surface area contributed by atoms with Crippen molar-refractivity contribution in [2.24, 2.45) is 0 Å². The summed E-state index contributed by atoms with van der Waals surface area (Å²) in [6.07, 6.45) is 4.98. The van der Waals surface area contributed by atoms with E-state index in [1.807, 2.05) is 0 Å². The van der Waals surface area contributed by atoms with Crippen molar-refractivity contribution in [1.82, 2.24) is 9.97 Å². The third-order valence-electron chi connectivity index (χ3n) is 2.24. The van der Waals surface area contributed by atoms with Crippen molar-refractivity contribution in [2.45, 2.75) is 5.03 Å². The Balaban J connectivity index is 1.75. The maximum Gasteiger partial charge on any atom is 0.335 e. The minimum absolute atomic E-state index is 0.251. The van der Waals surface area contributed by atoms with Crippen LogP contribution in [-0.4, -0.2) is 33.4 Å². The number of aromatic carboxylic acids is 1. The molecule has 2 aromatic rings. The van der Waals surface area contributed by atoms with Crippen LogP contribution in [0.15, 0.2) is 47.9 Å². The van der Waals surface area contributed by atoms with Gasteiger partial charge in [0.1, 0.15) is 10.8 Å². The second kappa shape index (κ2) is 6.75. The summed E-state index contributed by atoms with van der Waals surface area (Å²) in [5.41, 5.74) is 0.251. The second-order valence-electron chi connectivity index (χ2n) is 3.57. The normalized spacial score (nSPS) is 10.1. The Labute approximate surface area is 114 Å². The van der Waals surface area contributed by atoms with E-state index in [0.717, 1.165) is 10.8 Å². The van der Waals surface area contributed by atoms with E-state index in [0.29, 0.717) is 12.4 Å². The predicted octanol–water partition coefficient (Wildman–Crippen LogP) is 2.35. The average molecular weight is 276 g/mol. The molecule has 0 saturated carbocycles. The zero-order valence-corrected chi connectivity index (χ0v) is 10.8. The van der Waals surface area contributed by atoms with E-state index in [9.17, 15) is 4.79 Å². The molecule has 1 heterocycles. The number of benzene rings is 1. The molecular weight excluding hydrogens is 264 g/mol. The summed E-state index contributed by atoms with van der Waals surface area (Å²) in [5.74, 6) is 0.467. The number of carboxylic acid groups (broad SMARTS) is 1. The van der Waals surface area contributed by atoms with Crippen molar-refractivity contribution in [3.63, 3.8) is 0 Å². The molecule has 2 rings (SSSR count). The zero-order chi connectivity index (χ0) is 13.5. The van der Waals surface area contributed by atoms with Crippen molar-refractivity contribution in [1.29, 1.82) is 0 Å². The summed E-state index contributed by atoms with van der Waals surface area (Å²) >= 11 is 1.55. The van der Waals surface area contributed by atoms with Crippen molar-refractivity contribution in [3.05, 3.63) is 48.4 Å². The molecule has 0 amide bonds. The summed E-state index contributed by atoms with van der Waals surface area (Å²) < 4.78 is 5.50. The fourth-order valence-electron chi connectivity index (χ4n) is 1.36. The summed E-state index contributed by atoms with van der Waals surface area (Å²) in [4.78, 5) is 18.8. The Morgan fingerprint density at radius 1 is 1.26 bits per heavy atom. The van der Waals surface area contributed by atoms with Crippen molar-refractivity contribution in [2.75, 3.05) is 12.4 Å². The van der Waals surface area contributed by atoms with Crippen LogP contribution in [0.4, 0.5) is 0 Å². The van der Waals surface area contributed by atoms with Crippen LogP contribution in [0.25, 0.3) is 0 Å². The van der Waals surface area contributed by atoms with Crippen LogP contribution in [0, 0.1) is 0 Å². The van der Waals surface area contributed by atoms with E-state index >= 15 is 0 Å². The highest BCUT2D eigenvalue weighted by Gasteiger charge is 2.02. The van der Waals surface area contributed by atoms with Gasteiger partial charge in [-0.05, 0) is 24.3 Å². The molecule has 1 aromatic carbocycles. The lowest BCUT2D eigenvalue weighted by molar-refractivity contribution is 0.0697. The third kappa shape index (κ3) is 4.26. The second-order valence-corrected chi connectivity index (χ2v) is 4.69. The summed E-state index contributed by atoms with van der Waals surface area (Å²) in [7, 11) is 0. The minimum atomic E-state index is -0.940. The monoisotopic (exact) mass is 276 g/mol. The highest BCUT2D eigenvalue weighted by Crippen LogP contribution is 2.15. The molecule has 0 bridgehead atoms. The van der Waals surface area contributed by atoms with Gasteiger partial charge >= 0.3 is 5.97 Å². The van der Waals surface area contributed by atoms with Gasteiger partial charge in [0.15, 0.2) is 0 Å². The molecule has 0 aliphatic carbocycles. The molecule has 0 saturated heterocycles. The van der Waals surface area contributed by atoms with Crippen LogP contribution in [-0.2, 0) is 0 Å². The lowest BCUT2D eigenvalue weighted by Gasteiger charge is -2.05. The molecular formula is C13H12N2O3S. The van der Waals surface area contributed by atoms with Gasteiger partial charge in [0, 0.05) is 18.1 Å². The van der Waals surface area contributed by atoms with Gasteiger partial charge in [0.05, 0.1) is 18.4 Å². The van der Waals surface area contributed by atoms with Crippen LogP contribution in [0.2, 0.25) is 0 Å². The predicted molar refractivity (Wildman–Crippen MR) is 71.7 cm³/mol. The molecule has 1 N–H and O–H groups in total. The number of ether oxygens (including phenoxy) is 1. The molecule has 0 spiro atoms. The number of thioether (sulfide) groups is 1. The molecule has 0 radical (unpaired) electrons. The van der Waals surface area contributed by atoms with Crippen molar-refractivity contribution < 1.29 is 14.6 Å². The lowest BCUT2D eigenvalue weighted by atomic mass is 10.2. The standard InChI is InChI=1S/C13H12N2O3S/c16-13(17)10-1-3-11(4-2-10)18-7-8-19-12-9-14-5-6-15-12/h1-6,9H,7-8H2,(H,16,17). The summed E-state index contributed by atoms with van der Waals surface area (Å²) in [5, 5.41) is 9.61. The van der Waals surface area contributed by atoms with Crippen LogP contribution in [0.5, 0.6) is 5.75 Å². The number of aromatic nitrogens is 2. The number of carbonyl (C=O) groups is 1. The van der Waals surface area contributed by atoms with Gasteiger partial charge in [-0.3, -0.25) is 4.98 Å². The molecule has 19 heavy (non-hydrogen) atoms. The van der Waals surface area contributed by atoms with Crippen molar-refractivity contribution in [3.8, 4) is 5.75 Å². The lowest BCUT2D eigenvalue weighted by Crippen LogP contribution is -2.01. The minimum Gasteiger partial charge on any atom is -0.493 e. The van der Waals surface area contributed by atoms with E-state index < -0.39 is 5.97 Å². The van der Waals surface area contributed by atoms with Gasteiger partial charge in [-0.25, -0.2) is 9.78 Å². The number of hydrogen-bond acceptors (Lipinski definition) is 5. The van der Waals surface area contributed by atoms with Crippen LogP contribution < -0.4 is 4.74 Å². The highest BCUT2D eigenvalue weighted by molar-refractivity contribution is 7.99. The molecule has 5 nitrogen and oxygen atoms in total. The van der Waals surface area contributed by atoms with E-state index in [-0.39, 0.29) is 5.56 Å². The summed E-state index contributed by atoms with van der Waals surface area (Å²) in [6, 6.07) is 6.34. The van der Waals surface area contributed by atoms with Crippen LogP contribution in [0.1, 0.15) is 10.4 Å². The summed E-state index contributed by atoms with van der Waals surface area (Å²) in [6.45, 7) is 0.521. The highest BCUT2D eigenvalue weighted by atomic mass is 32.2. The van der Waals surface area contributed by atoms with E-state index in [1.54, 1.807) is 42.5 Å². The van der Waals surface area contributed by atoms with Crippen LogP contribution >= 0.6 is 11.8 Å². The molecule has 1 aromatic heterocycles. The first-order chi connectivity index (χ1) is 9.25. The third-order valence-corrected chi connectivity index (χ3v) is 3.12. The molecule has 0 atom stereocenters. The van der Waals surface area contributed by atoms with Crippen molar-refractivity contribution >= 4 is 17.7 Å². The topological polar surface area (TPSA) is 72.3 Å². The smallest absolute Gasteiger partial charge is 0.335 e. The first-order valence-corrected chi connectivity index (χ1v) is 6.59. The molecule has 6 heteroatoms. The number of hydrogen-bond donors (Lipinski definition) is 1. The van der Waals surface area contributed by atoms with Gasteiger partial charge in [-0.1, -0.05) is 0 Å². The quantitative estimate of drug-likeness (QED) is 0.645. The maximum atomic E-state index is 10.7. The number of carboxylic acids is 1. The maximum absolute atomic E-state index is 10.7. The van der Waals surface area contributed by atoms with Gasteiger partial charge in [0.2, 0.25) is 0 Å². The molecule has 0 aliphatic heterocycles. The Morgan fingerprint density at radius 3 is 2.68 bits per heavy atom. The Hall–Kier alpha value is -2.08. The van der Waals surface area contributed by atoms with E-state index in [1.165, 1.54) is 12.1 Å². The molecule has 0 unspecified atom stereocenters. The zero-order valence-electron chi connectivity index (χ0n) is 10.0. The van der Waals surface area contributed by atoms with Gasteiger partial charge in [-0.15, -0.1) is 11.8 Å². The van der Waals surface area contributed by atoms with Gasteiger partial charge in [0.25, 0.3) is 0 Å². The SMILES string of the molecule is O=C(O)c1ccc(OCCSc2cnccn2)cc1. The Morgan fingerprint density at radius 2 is 2.05 bits per heavy atom. The molecule has 98 valence electrons. The van der Waals surface area contributed by atoms with E-state index in [2.05, 4.69) is 9.97 Å². The fourth-order valence-corrected chi connectivity index (χ4v) is 2.01. The first-order valence-electron chi connectivity index (χ1n) is 5.60. The number of nitrogens with zero attached hydrogens (tertiary/aromatic N) is 2. The van der Waals surface area contributed by atoms with E-state index in [4.69, 9.17) is 9.84 Å².